The maximum absolute atomic E-state index is 12.7. The minimum Gasteiger partial charge on any atom is -0.480 e. The normalized spacial score (nSPS) is 18.7. The number of fused-ring (bicyclic) bond motifs is 2. The van der Waals surface area contributed by atoms with E-state index in [9.17, 15) is 24.3 Å². The number of amides is 4. The molecule has 1 aromatic rings. The van der Waals surface area contributed by atoms with Crippen molar-refractivity contribution in [3.8, 4) is 0 Å². The molecule has 0 bridgehead atoms. The number of aliphatic carboxylic acids is 1. The van der Waals surface area contributed by atoms with Crippen LogP contribution in [0.5, 0.6) is 0 Å². The fraction of sp³-hybridized carbons (Fsp3) is 0.565. The minimum absolute atomic E-state index is 0.143. The number of unbranched alkanes of at least 4 members (excludes halogenated alkanes) is 2. The number of carbonyl (C=O) groups is 4. The highest BCUT2D eigenvalue weighted by atomic mass is 16.4. The summed E-state index contributed by atoms with van der Waals surface area (Å²) in [5, 5.41) is 11.8. The molecule has 2 unspecified atom stereocenters. The Morgan fingerprint density at radius 1 is 1.13 bits per heavy atom. The molecule has 1 aromatic carbocycles. The van der Waals surface area contributed by atoms with Gasteiger partial charge in [-0.05, 0) is 36.3 Å². The molecule has 0 spiro atoms. The number of rotatable bonds is 10. The first-order valence-electron chi connectivity index (χ1n) is 11.0. The van der Waals surface area contributed by atoms with E-state index >= 15 is 0 Å². The molecule has 0 saturated carbocycles. The number of benzene rings is 1. The lowest BCUT2D eigenvalue weighted by atomic mass is 9.95. The Morgan fingerprint density at radius 2 is 1.84 bits per heavy atom. The lowest BCUT2D eigenvalue weighted by Gasteiger charge is -2.28. The molecule has 8 heteroatoms. The number of nitrogens with zero attached hydrogens (tertiary/aromatic N) is 2. The lowest BCUT2D eigenvalue weighted by Crippen LogP contribution is -2.41. The van der Waals surface area contributed by atoms with Gasteiger partial charge in [-0.15, -0.1) is 0 Å². The first-order valence-corrected chi connectivity index (χ1v) is 11.0. The number of imide groups is 1. The maximum Gasteiger partial charge on any atom is 0.327 e. The van der Waals surface area contributed by atoms with E-state index in [1.54, 1.807) is 4.90 Å². The van der Waals surface area contributed by atoms with Crippen LogP contribution >= 0.6 is 0 Å². The van der Waals surface area contributed by atoms with Gasteiger partial charge >= 0.3 is 12.0 Å². The van der Waals surface area contributed by atoms with Gasteiger partial charge in [0.15, 0.2) is 0 Å². The van der Waals surface area contributed by atoms with E-state index in [2.05, 4.69) is 5.32 Å². The Hall–Kier alpha value is -2.90. The van der Waals surface area contributed by atoms with Crippen LogP contribution in [0.25, 0.3) is 0 Å². The molecule has 2 aliphatic rings. The highest BCUT2D eigenvalue weighted by molar-refractivity contribution is 6.04. The first-order chi connectivity index (χ1) is 14.8. The van der Waals surface area contributed by atoms with Crippen LogP contribution in [0.4, 0.5) is 4.79 Å². The predicted octanol–water partition coefficient (Wildman–Crippen LogP) is 2.55. The van der Waals surface area contributed by atoms with Crippen LogP contribution in [0, 0.1) is 5.92 Å². The molecule has 4 amide bonds. The molecule has 2 atom stereocenters. The number of nitrogens with one attached hydrogen (secondary N) is 1. The summed E-state index contributed by atoms with van der Waals surface area (Å²) in [6.45, 7) is 4.62. The smallest absolute Gasteiger partial charge is 0.327 e. The molecule has 2 heterocycles. The fourth-order valence-corrected chi connectivity index (χ4v) is 4.27. The third kappa shape index (κ3) is 5.42. The molecule has 0 aliphatic carbocycles. The van der Waals surface area contributed by atoms with Crippen LogP contribution < -0.4 is 5.32 Å². The van der Waals surface area contributed by atoms with Crippen LogP contribution in [-0.2, 0) is 27.3 Å². The molecule has 3 rings (SSSR count). The van der Waals surface area contributed by atoms with Crippen molar-refractivity contribution in [1.29, 1.82) is 0 Å². The van der Waals surface area contributed by atoms with Gasteiger partial charge in [0.25, 0.3) is 5.91 Å². The van der Waals surface area contributed by atoms with Crippen molar-refractivity contribution in [3.63, 3.8) is 0 Å². The van der Waals surface area contributed by atoms with Gasteiger partial charge in [-0.1, -0.05) is 44.5 Å². The van der Waals surface area contributed by atoms with Crippen molar-refractivity contribution in [2.45, 2.75) is 71.0 Å². The van der Waals surface area contributed by atoms with E-state index in [4.69, 9.17) is 0 Å². The second-order valence-corrected chi connectivity index (χ2v) is 8.79. The summed E-state index contributed by atoms with van der Waals surface area (Å²) in [5.74, 6) is -1.28. The molecule has 2 aliphatic heterocycles. The Morgan fingerprint density at radius 3 is 2.52 bits per heavy atom. The molecule has 0 radical (unpaired) electrons. The molecule has 1 saturated heterocycles. The summed E-state index contributed by atoms with van der Waals surface area (Å²) >= 11 is 0. The summed E-state index contributed by atoms with van der Waals surface area (Å²) in [5.41, 5.74) is 2.21. The van der Waals surface area contributed by atoms with Gasteiger partial charge in [0, 0.05) is 25.9 Å². The van der Waals surface area contributed by atoms with E-state index < -0.39 is 18.1 Å². The highest BCUT2D eigenvalue weighted by Crippen LogP contribution is 2.30. The van der Waals surface area contributed by atoms with Crippen molar-refractivity contribution >= 4 is 23.8 Å². The van der Waals surface area contributed by atoms with E-state index in [1.807, 2.05) is 38.1 Å². The third-order valence-corrected chi connectivity index (χ3v) is 5.90. The molecule has 1 fully saturated rings. The number of hydrogen-bond acceptors (Lipinski definition) is 4. The summed E-state index contributed by atoms with van der Waals surface area (Å²) in [7, 11) is 0. The van der Waals surface area contributed by atoms with Gasteiger partial charge in [0.2, 0.25) is 5.91 Å². The third-order valence-electron chi connectivity index (χ3n) is 5.90. The summed E-state index contributed by atoms with van der Waals surface area (Å²) < 4.78 is 0. The largest absolute Gasteiger partial charge is 0.480 e. The van der Waals surface area contributed by atoms with Crippen molar-refractivity contribution in [2.75, 3.05) is 6.54 Å². The van der Waals surface area contributed by atoms with Gasteiger partial charge in [0.1, 0.15) is 12.1 Å². The lowest BCUT2D eigenvalue weighted by molar-refractivity contribution is -0.142. The van der Waals surface area contributed by atoms with Crippen LogP contribution in [0.3, 0.4) is 0 Å². The Labute approximate surface area is 182 Å². The fourth-order valence-electron chi connectivity index (χ4n) is 4.27. The van der Waals surface area contributed by atoms with Crippen LogP contribution in [0.15, 0.2) is 24.3 Å². The zero-order chi connectivity index (χ0) is 22.5. The molecular weight excluding hydrogens is 398 g/mol. The van der Waals surface area contributed by atoms with Crippen LogP contribution in [0.2, 0.25) is 0 Å². The predicted molar refractivity (Wildman–Crippen MR) is 114 cm³/mol. The average molecular weight is 430 g/mol. The minimum atomic E-state index is -1.02. The van der Waals surface area contributed by atoms with Gasteiger partial charge in [-0.2, -0.15) is 0 Å². The molecule has 31 heavy (non-hydrogen) atoms. The first kappa shape index (κ1) is 22.8. The summed E-state index contributed by atoms with van der Waals surface area (Å²) in [6.07, 6.45) is 3.05. The second-order valence-electron chi connectivity index (χ2n) is 8.79. The van der Waals surface area contributed by atoms with Crippen molar-refractivity contribution in [2.24, 2.45) is 5.92 Å². The van der Waals surface area contributed by atoms with Gasteiger partial charge in [-0.3, -0.25) is 14.5 Å². The van der Waals surface area contributed by atoms with Crippen molar-refractivity contribution in [1.82, 2.24) is 15.1 Å². The highest BCUT2D eigenvalue weighted by Gasteiger charge is 2.46. The van der Waals surface area contributed by atoms with Crippen LogP contribution in [-0.4, -0.2) is 57.3 Å². The quantitative estimate of drug-likeness (QED) is 0.439. The Balaban J connectivity index is 1.41. The van der Waals surface area contributed by atoms with Crippen molar-refractivity contribution in [3.05, 3.63) is 35.4 Å². The summed E-state index contributed by atoms with van der Waals surface area (Å²) in [6, 6.07) is 6.37. The number of urea groups is 1. The number of hydrogen-bond donors (Lipinski definition) is 2. The monoisotopic (exact) mass is 429 g/mol. The maximum atomic E-state index is 12.7. The molecule has 2 N–H and O–H groups in total. The standard InChI is InChI=1S/C23H31N3O5/c1-15(2)12-18(22(29)30)24-20(27)10-4-3-7-11-25-21(28)19-13-16-8-5-6-9-17(16)14-26(19)23(25)31/h5-6,8-9,15,18-19H,3-4,7,10-14H2,1-2H3,(H,24,27)(H,29,30). The van der Waals surface area contributed by atoms with E-state index in [-0.39, 0.29) is 30.2 Å². The number of carboxylic acid groups (broad SMARTS) is 1. The SMILES string of the molecule is CC(C)CC(NC(=O)CCCCCN1C(=O)C2Cc3ccccc3CN2C1=O)C(=O)O. The molecule has 8 nitrogen and oxygen atoms in total. The van der Waals surface area contributed by atoms with Gasteiger partial charge < -0.3 is 15.3 Å². The topological polar surface area (TPSA) is 107 Å². The zero-order valence-corrected chi connectivity index (χ0v) is 18.2. The van der Waals surface area contributed by atoms with Crippen LogP contribution in [0.1, 0.15) is 57.1 Å². The number of carboxylic acids is 1. The Kier molecular flexibility index (Phi) is 7.30. The second kappa shape index (κ2) is 9.94. The molecular formula is C23H31N3O5. The summed E-state index contributed by atoms with van der Waals surface area (Å²) in [4.78, 5) is 51.7. The van der Waals surface area contributed by atoms with E-state index in [0.717, 1.165) is 11.1 Å². The average Bonchev–Trinajstić information content (AvgIpc) is 2.95. The zero-order valence-electron chi connectivity index (χ0n) is 18.2. The van der Waals surface area contributed by atoms with E-state index in [1.165, 1.54) is 4.90 Å². The van der Waals surface area contributed by atoms with Crippen molar-refractivity contribution < 1.29 is 24.3 Å². The van der Waals surface area contributed by atoms with Gasteiger partial charge in [0.05, 0.1) is 0 Å². The molecule has 168 valence electrons. The van der Waals surface area contributed by atoms with E-state index in [0.29, 0.717) is 45.2 Å². The molecule has 0 aromatic heterocycles. The Bertz CT molecular complexity index is 810. The number of carbonyl (C=O) groups excluding carboxylic acids is 3. The van der Waals surface area contributed by atoms with Gasteiger partial charge in [-0.25, -0.2) is 9.59 Å².